The molecule has 0 aromatic carbocycles. The lowest BCUT2D eigenvalue weighted by atomic mass is 10.3. The van der Waals surface area contributed by atoms with Crippen molar-refractivity contribution >= 4 is 0 Å². The molecule has 0 radical (unpaired) electrons. The normalized spacial score (nSPS) is 10.2. The highest BCUT2D eigenvalue weighted by Crippen LogP contribution is 1.77. The lowest BCUT2D eigenvalue weighted by Gasteiger charge is -1.91. The molecule has 116 valence electrons. The molecular weight excluding hydrogens is 224 g/mol. The third-order valence-corrected chi connectivity index (χ3v) is 1.49. The summed E-state index contributed by atoms with van der Waals surface area (Å²) < 4.78 is 0. The van der Waals surface area contributed by atoms with E-state index in [2.05, 4.69) is 20.8 Å². The largest absolute Gasteiger partial charge is 0.330 e. The van der Waals surface area contributed by atoms with Crippen LogP contribution in [0.2, 0.25) is 0 Å². The van der Waals surface area contributed by atoms with Crippen molar-refractivity contribution < 1.29 is 0 Å². The molecule has 0 saturated heterocycles. The first kappa shape index (κ1) is 26.4. The van der Waals surface area contributed by atoms with Gasteiger partial charge in [-0.25, -0.2) is 0 Å². The molecule has 0 amide bonds. The summed E-state index contributed by atoms with van der Waals surface area (Å²) in [6.07, 6.45) is 4.57. The van der Waals surface area contributed by atoms with Gasteiger partial charge in [0.2, 0.25) is 0 Å². The predicted octanol–water partition coefficient (Wildman–Crippen LogP) is 2.20. The Morgan fingerprint density at radius 2 is 1.06 bits per heavy atom. The van der Waals surface area contributed by atoms with E-state index in [0.717, 1.165) is 25.9 Å². The molecule has 0 fully saturated rings. The van der Waals surface area contributed by atoms with Crippen molar-refractivity contribution in [2.75, 3.05) is 13.1 Å². The Morgan fingerprint density at radius 1 is 0.778 bits per heavy atom. The number of nitrogens with two attached hydrogens (primary N) is 4. The SMILES string of the molecule is CC(C)N.CCC(C)N.CCCCN.CCCN. The summed E-state index contributed by atoms with van der Waals surface area (Å²) in [6, 6.07) is 0.718. The molecule has 0 aliphatic heterocycles. The second-order valence-electron chi connectivity index (χ2n) is 4.56. The lowest BCUT2D eigenvalue weighted by Crippen LogP contribution is -2.11. The minimum absolute atomic E-state index is 0.333. The topological polar surface area (TPSA) is 104 Å². The zero-order chi connectivity index (χ0) is 15.4. The molecule has 0 rings (SSSR count). The van der Waals surface area contributed by atoms with Crippen LogP contribution in [0.15, 0.2) is 0 Å². The molecule has 0 aliphatic carbocycles. The van der Waals surface area contributed by atoms with Crippen LogP contribution in [0.5, 0.6) is 0 Å². The van der Waals surface area contributed by atoms with Gasteiger partial charge in [-0.1, -0.05) is 41.0 Å². The average Bonchev–Trinajstić information content (AvgIpc) is 2.30. The maximum absolute atomic E-state index is 5.29. The lowest BCUT2D eigenvalue weighted by molar-refractivity contribution is 0.715. The van der Waals surface area contributed by atoms with Crippen LogP contribution < -0.4 is 22.9 Å². The number of hydrogen-bond acceptors (Lipinski definition) is 4. The predicted molar refractivity (Wildman–Crippen MR) is 86.6 cm³/mol. The zero-order valence-electron chi connectivity index (χ0n) is 13.7. The second-order valence-corrected chi connectivity index (χ2v) is 4.56. The Labute approximate surface area is 116 Å². The van der Waals surface area contributed by atoms with E-state index < -0.39 is 0 Å². The summed E-state index contributed by atoms with van der Waals surface area (Å²) >= 11 is 0. The van der Waals surface area contributed by atoms with Crippen molar-refractivity contribution in [2.45, 2.75) is 79.3 Å². The molecule has 0 spiro atoms. The van der Waals surface area contributed by atoms with Crippen molar-refractivity contribution in [3.63, 3.8) is 0 Å². The van der Waals surface area contributed by atoms with E-state index in [1.165, 1.54) is 12.8 Å². The van der Waals surface area contributed by atoms with E-state index in [-0.39, 0.29) is 0 Å². The van der Waals surface area contributed by atoms with Crippen molar-refractivity contribution in [2.24, 2.45) is 22.9 Å². The summed E-state index contributed by atoms with van der Waals surface area (Å²) in [5.41, 5.74) is 20.6. The van der Waals surface area contributed by atoms with Crippen LogP contribution in [0.1, 0.15) is 67.2 Å². The molecule has 0 aromatic heterocycles. The zero-order valence-corrected chi connectivity index (χ0v) is 13.7. The fourth-order valence-corrected chi connectivity index (χ4v) is 0.204. The van der Waals surface area contributed by atoms with Gasteiger partial charge in [-0.2, -0.15) is 0 Å². The second kappa shape index (κ2) is 30.1. The monoisotopic (exact) mass is 264 g/mol. The molecule has 1 unspecified atom stereocenters. The van der Waals surface area contributed by atoms with Crippen LogP contribution in [-0.2, 0) is 0 Å². The Hall–Kier alpha value is -0.160. The Balaban J connectivity index is -0.0000000731. The van der Waals surface area contributed by atoms with Crippen molar-refractivity contribution in [1.82, 2.24) is 0 Å². The molecule has 0 heterocycles. The summed E-state index contributed by atoms with van der Waals surface area (Å²) in [5, 5.41) is 0. The smallest absolute Gasteiger partial charge is 0.000781 e. The van der Waals surface area contributed by atoms with E-state index >= 15 is 0 Å². The standard InChI is InChI=1S/2C4H11N.2C3H9N/c1-3-4(2)5;1-2-3-4-5;1-3(2)4;1-2-3-4/h4H,3,5H2,1-2H3;2-5H2,1H3;3H,4H2,1-2H3;2-4H2,1H3. The fraction of sp³-hybridized carbons (Fsp3) is 1.00. The van der Waals surface area contributed by atoms with Gasteiger partial charge in [0.1, 0.15) is 0 Å². The highest BCUT2D eigenvalue weighted by Gasteiger charge is 1.79. The van der Waals surface area contributed by atoms with Crippen LogP contribution in [0.25, 0.3) is 0 Å². The minimum Gasteiger partial charge on any atom is -0.330 e. The summed E-state index contributed by atoms with van der Waals surface area (Å²) in [4.78, 5) is 0. The molecule has 4 nitrogen and oxygen atoms in total. The third kappa shape index (κ3) is 149. The molecule has 8 N–H and O–H groups in total. The molecule has 0 aromatic rings. The van der Waals surface area contributed by atoms with E-state index in [1.54, 1.807) is 0 Å². The maximum atomic E-state index is 5.29. The van der Waals surface area contributed by atoms with Gasteiger partial charge in [-0.15, -0.1) is 0 Å². The van der Waals surface area contributed by atoms with Crippen LogP contribution in [0.3, 0.4) is 0 Å². The highest BCUT2D eigenvalue weighted by atomic mass is 14.6. The molecule has 18 heavy (non-hydrogen) atoms. The van der Waals surface area contributed by atoms with Gasteiger partial charge in [0.15, 0.2) is 0 Å². The first-order chi connectivity index (χ1) is 8.33. The summed E-state index contributed by atoms with van der Waals surface area (Å²) in [7, 11) is 0. The van der Waals surface area contributed by atoms with Crippen LogP contribution in [0, 0.1) is 0 Å². The average molecular weight is 265 g/mol. The van der Waals surface area contributed by atoms with Gasteiger partial charge >= 0.3 is 0 Å². The molecule has 0 aliphatic rings. The van der Waals surface area contributed by atoms with Crippen LogP contribution >= 0.6 is 0 Å². The molecule has 0 bridgehead atoms. The Kier molecular flexibility index (Phi) is 44.2. The van der Waals surface area contributed by atoms with Gasteiger partial charge in [0.05, 0.1) is 0 Å². The summed E-state index contributed by atoms with van der Waals surface area (Å²) in [6.45, 7) is 13.8. The van der Waals surface area contributed by atoms with E-state index in [0.29, 0.717) is 12.1 Å². The van der Waals surface area contributed by atoms with Gasteiger partial charge < -0.3 is 22.9 Å². The maximum Gasteiger partial charge on any atom is 0.000781 e. The number of rotatable bonds is 4. The summed E-state index contributed by atoms with van der Waals surface area (Å²) in [5.74, 6) is 0. The fourth-order valence-electron chi connectivity index (χ4n) is 0.204. The van der Waals surface area contributed by atoms with Gasteiger partial charge in [0, 0.05) is 6.04 Å². The molecule has 1 atom stereocenters. The van der Waals surface area contributed by atoms with E-state index in [9.17, 15) is 0 Å². The molecule has 0 saturated carbocycles. The van der Waals surface area contributed by atoms with Gasteiger partial charge in [-0.3, -0.25) is 0 Å². The van der Waals surface area contributed by atoms with Crippen molar-refractivity contribution in [3.05, 3.63) is 0 Å². The number of unbranched alkanes of at least 4 members (excludes halogenated alkanes) is 1. The van der Waals surface area contributed by atoms with Crippen LogP contribution in [-0.4, -0.2) is 25.2 Å². The molecule has 4 heteroatoms. The van der Waals surface area contributed by atoms with Gasteiger partial charge in [0.25, 0.3) is 0 Å². The first-order valence-electron chi connectivity index (χ1n) is 7.24. The van der Waals surface area contributed by atoms with Crippen LogP contribution in [0.4, 0.5) is 0 Å². The third-order valence-electron chi connectivity index (χ3n) is 1.49. The van der Waals surface area contributed by atoms with Crippen molar-refractivity contribution in [3.8, 4) is 0 Å². The van der Waals surface area contributed by atoms with E-state index in [1.807, 2.05) is 20.8 Å². The molecular formula is C14H40N4. The number of hydrogen-bond donors (Lipinski definition) is 4. The Morgan fingerprint density at radius 3 is 1.06 bits per heavy atom. The van der Waals surface area contributed by atoms with Gasteiger partial charge in [-0.05, 0) is 45.3 Å². The quantitative estimate of drug-likeness (QED) is 0.625. The Bertz CT molecular complexity index is 89.0. The van der Waals surface area contributed by atoms with E-state index in [4.69, 9.17) is 22.9 Å². The first-order valence-corrected chi connectivity index (χ1v) is 7.24. The van der Waals surface area contributed by atoms with Crippen molar-refractivity contribution in [1.29, 1.82) is 0 Å². The minimum atomic E-state index is 0.333. The highest BCUT2D eigenvalue weighted by molar-refractivity contribution is 4.43.